The Morgan fingerprint density at radius 1 is 1.14 bits per heavy atom. The number of piperazine rings is 1. The summed E-state index contributed by atoms with van der Waals surface area (Å²) in [6.07, 6.45) is 12.1. The molecule has 116 valence electrons. The Kier molecular flexibility index (Phi) is 4.28. The first-order valence-corrected chi connectivity index (χ1v) is 9.64. The zero-order chi connectivity index (χ0) is 14.1. The summed E-state index contributed by atoms with van der Waals surface area (Å²) < 4.78 is 0. The molecule has 3 aliphatic rings. The van der Waals surface area contributed by atoms with Crippen LogP contribution in [0.1, 0.15) is 50.0 Å². The lowest BCUT2D eigenvalue weighted by Crippen LogP contribution is -2.59. The molecule has 1 saturated heterocycles. The standard InChI is InChI=1S/C17H27N3S/c1-2-4-13(5-3-1)15-11-20(12-17-18-8-9-21-17)16(10-19-15)14-6-7-14/h8-9,13-16,19H,1-7,10-12H2. The van der Waals surface area contributed by atoms with Crippen LogP contribution in [0.3, 0.4) is 0 Å². The topological polar surface area (TPSA) is 28.2 Å². The summed E-state index contributed by atoms with van der Waals surface area (Å²) in [6, 6.07) is 1.48. The Labute approximate surface area is 132 Å². The van der Waals surface area contributed by atoms with Crippen LogP contribution in [-0.4, -0.2) is 35.1 Å². The zero-order valence-electron chi connectivity index (χ0n) is 12.8. The van der Waals surface area contributed by atoms with E-state index in [-0.39, 0.29) is 0 Å². The lowest BCUT2D eigenvalue weighted by Gasteiger charge is -2.44. The molecule has 0 spiro atoms. The highest BCUT2D eigenvalue weighted by molar-refractivity contribution is 7.09. The third kappa shape index (κ3) is 3.33. The molecule has 3 nitrogen and oxygen atoms in total. The molecule has 1 aromatic heterocycles. The maximum Gasteiger partial charge on any atom is 0.107 e. The number of hydrogen-bond donors (Lipinski definition) is 1. The highest BCUT2D eigenvalue weighted by Crippen LogP contribution is 2.38. The van der Waals surface area contributed by atoms with Crippen molar-refractivity contribution in [1.29, 1.82) is 0 Å². The van der Waals surface area contributed by atoms with E-state index >= 15 is 0 Å². The molecule has 2 heterocycles. The average Bonchev–Trinajstić information content (AvgIpc) is 3.25. The Hall–Kier alpha value is -0.450. The molecular weight excluding hydrogens is 278 g/mol. The van der Waals surface area contributed by atoms with Gasteiger partial charge >= 0.3 is 0 Å². The molecule has 1 N–H and O–H groups in total. The van der Waals surface area contributed by atoms with E-state index in [1.54, 1.807) is 0 Å². The van der Waals surface area contributed by atoms with Crippen molar-refractivity contribution in [2.45, 2.75) is 63.6 Å². The van der Waals surface area contributed by atoms with Crippen molar-refractivity contribution in [2.24, 2.45) is 11.8 Å². The summed E-state index contributed by atoms with van der Waals surface area (Å²) in [5.74, 6) is 1.86. The second-order valence-corrected chi connectivity index (χ2v) is 8.15. The fourth-order valence-corrected chi connectivity index (χ4v) is 4.98. The Bertz CT molecular complexity index is 437. The summed E-state index contributed by atoms with van der Waals surface area (Å²) in [5, 5.41) is 7.32. The first-order valence-electron chi connectivity index (χ1n) is 8.76. The number of hydrogen-bond acceptors (Lipinski definition) is 4. The van der Waals surface area contributed by atoms with Gasteiger partial charge in [-0.25, -0.2) is 4.98 Å². The smallest absolute Gasteiger partial charge is 0.107 e. The van der Waals surface area contributed by atoms with Crippen LogP contribution >= 0.6 is 11.3 Å². The number of rotatable bonds is 4. The molecule has 4 rings (SSSR count). The van der Waals surface area contributed by atoms with Crippen LogP contribution in [0, 0.1) is 11.8 Å². The van der Waals surface area contributed by atoms with Gasteiger partial charge in [0.1, 0.15) is 5.01 Å². The van der Waals surface area contributed by atoms with Crippen molar-refractivity contribution < 1.29 is 0 Å². The molecule has 0 amide bonds. The molecule has 2 atom stereocenters. The van der Waals surface area contributed by atoms with Gasteiger partial charge in [0.15, 0.2) is 0 Å². The number of nitrogens with zero attached hydrogens (tertiary/aromatic N) is 2. The third-order valence-electron chi connectivity index (χ3n) is 5.70. The largest absolute Gasteiger partial charge is 0.311 e. The summed E-state index contributed by atoms with van der Waals surface area (Å²) in [5.41, 5.74) is 0. The van der Waals surface area contributed by atoms with E-state index in [1.807, 2.05) is 17.5 Å². The van der Waals surface area contributed by atoms with E-state index in [2.05, 4.69) is 20.6 Å². The molecule has 21 heavy (non-hydrogen) atoms. The maximum absolute atomic E-state index is 4.52. The number of nitrogens with one attached hydrogen (secondary N) is 1. The Balaban J connectivity index is 1.43. The van der Waals surface area contributed by atoms with Crippen LogP contribution in [0.15, 0.2) is 11.6 Å². The molecule has 0 radical (unpaired) electrons. The lowest BCUT2D eigenvalue weighted by atomic mass is 9.82. The van der Waals surface area contributed by atoms with E-state index in [4.69, 9.17) is 0 Å². The van der Waals surface area contributed by atoms with Gasteiger partial charge in [-0.15, -0.1) is 11.3 Å². The second kappa shape index (κ2) is 6.35. The summed E-state index contributed by atoms with van der Waals surface area (Å²) in [7, 11) is 0. The molecule has 4 heteroatoms. The van der Waals surface area contributed by atoms with Gasteiger partial charge in [0, 0.05) is 36.8 Å². The van der Waals surface area contributed by atoms with Crippen LogP contribution in [-0.2, 0) is 6.54 Å². The van der Waals surface area contributed by atoms with Crippen molar-refractivity contribution >= 4 is 11.3 Å². The van der Waals surface area contributed by atoms with Crippen LogP contribution in [0.4, 0.5) is 0 Å². The van der Waals surface area contributed by atoms with Gasteiger partial charge in [-0.1, -0.05) is 19.3 Å². The van der Waals surface area contributed by atoms with Crippen LogP contribution in [0.5, 0.6) is 0 Å². The summed E-state index contributed by atoms with van der Waals surface area (Å²) in [4.78, 5) is 7.27. The van der Waals surface area contributed by atoms with Crippen LogP contribution < -0.4 is 5.32 Å². The van der Waals surface area contributed by atoms with Crippen molar-refractivity contribution in [2.75, 3.05) is 13.1 Å². The van der Waals surface area contributed by atoms with Gasteiger partial charge in [-0.3, -0.25) is 4.90 Å². The molecular formula is C17H27N3S. The highest BCUT2D eigenvalue weighted by atomic mass is 32.1. The van der Waals surface area contributed by atoms with E-state index in [0.29, 0.717) is 0 Å². The molecule has 3 fully saturated rings. The predicted octanol–water partition coefficient (Wildman–Crippen LogP) is 3.28. The number of aromatic nitrogens is 1. The Morgan fingerprint density at radius 3 is 2.71 bits per heavy atom. The fraction of sp³-hybridized carbons (Fsp3) is 0.824. The van der Waals surface area contributed by atoms with E-state index < -0.39 is 0 Å². The van der Waals surface area contributed by atoms with Crippen molar-refractivity contribution in [3.05, 3.63) is 16.6 Å². The second-order valence-electron chi connectivity index (χ2n) is 7.17. The molecule has 2 unspecified atom stereocenters. The molecule has 0 bridgehead atoms. The van der Waals surface area contributed by atoms with E-state index in [0.717, 1.165) is 30.5 Å². The first-order chi connectivity index (χ1) is 10.4. The van der Waals surface area contributed by atoms with Gasteiger partial charge in [0.2, 0.25) is 0 Å². The van der Waals surface area contributed by atoms with Crippen molar-refractivity contribution in [1.82, 2.24) is 15.2 Å². The van der Waals surface area contributed by atoms with Gasteiger partial charge in [-0.05, 0) is 37.5 Å². The maximum atomic E-state index is 4.52. The van der Waals surface area contributed by atoms with Gasteiger partial charge in [0.25, 0.3) is 0 Å². The van der Waals surface area contributed by atoms with Gasteiger partial charge in [-0.2, -0.15) is 0 Å². The predicted molar refractivity (Wildman–Crippen MR) is 87.4 cm³/mol. The monoisotopic (exact) mass is 305 g/mol. The van der Waals surface area contributed by atoms with Crippen molar-refractivity contribution in [3.8, 4) is 0 Å². The summed E-state index contributed by atoms with van der Waals surface area (Å²) >= 11 is 1.81. The van der Waals surface area contributed by atoms with Crippen LogP contribution in [0.25, 0.3) is 0 Å². The van der Waals surface area contributed by atoms with Crippen molar-refractivity contribution in [3.63, 3.8) is 0 Å². The zero-order valence-corrected chi connectivity index (χ0v) is 13.7. The lowest BCUT2D eigenvalue weighted by molar-refractivity contribution is 0.0782. The van der Waals surface area contributed by atoms with Gasteiger partial charge in [0.05, 0.1) is 6.54 Å². The minimum Gasteiger partial charge on any atom is -0.311 e. The minimum atomic E-state index is 0.722. The average molecular weight is 305 g/mol. The highest BCUT2D eigenvalue weighted by Gasteiger charge is 2.40. The molecule has 2 aliphatic carbocycles. The summed E-state index contributed by atoms with van der Waals surface area (Å²) in [6.45, 7) is 3.52. The fourth-order valence-electron chi connectivity index (χ4n) is 4.34. The van der Waals surface area contributed by atoms with Crippen LogP contribution in [0.2, 0.25) is 0 Å². The minimum absolute atomic E-state index is 0.722. The normalized spacial score (nSPS) is 32.4. The SMILES string of the molecule is c1csc(CN2CC(C3CCCCC3)NCC2C2CC2)n1. The van der Waals surface area contributed by atoms with E-state index in [1.165, 1.54) is 63.0 Å². The first kappa shape index (κ1) is 14.2. The van der Waals surface area contributed by atoms with E-state index in [9.17, 15) is 0 Å². The molecule has 0 aromatic carbocycles. The van der Waals surface area contributed by atoms with Gasteiger partial charge < -0.3 is 5.32 Å². The third-order valence-corrected chi connectivity index (χ3v) is 6.46. The quantitative estimate of drug-likeness (QED) is 0.925. The molecule has 2 saturated carbocycles. The Morgan fingerprint density at radius 2 is 2.00 bits per heavy atom. The molecule has 1 aromatic rings. The number of thiazole rings is 1. The molecule has 1 aliphatic heterocycles.